The summed E-state index contributed by atoms with van der Waals surface area (Å²) in [6.07, 6.45) is 1.26. The Morgan fingerprint density at radius 3 is 2.74 bits per heavy atom. The molecule has 0 unspecified atom stereocenters. The number of carbonyl (C=O) groups excluding carboxylic acids is 1. The standard InChI is InChI=1S/C16H15BrFN3O2/c1-23-14-5-3-13(4-6-14)19-10-16(22)21-20-9-11-8-12(17)2-7-15(11)18/h2-9,19H,10H2,1H3,(H,21,22)/b20-9-. The van der Waals surface area contributed by atoms with Crippen molar-refractivity contribution < 1.29 is 13.9 Å². The summed E-state index contributed by atoms with van der Waals surface area (Å²) < 4.78 is 19.3. The summed E-state index contributed by atoms with van der Waals surface area (Å²) in [6, 6.07) is 11.6. The molecule has 5 nitrogen and oxygen atoms in total. The van der Waals surface area contributed by atoms with Crippen molar-refractivity contribution in [2.75, 3.05) is 19.0 Å². The Bertz CT molecular complexity index is 705. The van der Waals surface area contributed by atoms with E-state index in [0.29, 0.717) is 0 Å². The van der Waals surface area contributed by atoms with E-state index in [1.165, 1.54) is 12.3 Å². The van der Waals surface area contributed by atoms with Gasteiger partial charge in [0.05, 0.1) is 19.9 Å². The van der Waals surface area contributed by atoms with Gasteiger partial charge in [0.2, 0.25) is 0 Å². The number of benzene rings is 2. The smallest absolute Gasteiger partial charge is 0.259 e. The Hall–Kier alpha value is -2.41. The van der Waals surface area contributed by atoms with E-state index >= 15 is 0 Å². The first-order valence-corrected chi connectivity index (χ1v) is 7.52. The second-order valence-corrected chi connectivity index (χ2v) is 5.46. The molecule has 2 rings (SSSR count). The van der Waals surface area contributed by atoms with Gasteiger partial charge in [0.15, 0.2) is 0 Å². The molecule has 0 spiro atoms. The summed E-state index contributed by atoms with van der Waals surface area (Å²) >= 11 is 3.24. The van der Waals surface area contributed by atoms with E-state index in [0.717, 1.165) is 15.9 Å². The molecule has 1 amide bonds. The van der Waals surface area contributed by atoms with E-state index in [1.54, 1.807) is 43.5 Å². The van der Waals surface area contributed by atoms with Gasteiger partial charge in [-0.3, -0.25) is 4.79 Å². The highest BCUT2D eigenvalue weighted by molar-refractivity contribution is 9.10. The third-order valence-electron chi connectivity index (χ3n) is 2.89. The van der Waals surface area contributed by atoms with Crippen LogP contribution in [0.4, 0.5) is 10.1 Å². The van der Waals surface area contributed by atoms with E-state index in [4.69, 9.17) is 4.74 Å². The van der Waals surface area contributed by atoms with Crippen LogP contribution in [0.25, 0.3) is 0 Å². The first-order chi connectivity index (χ1) is 11.1. The van der Waals surface area contributed by atoms with Crippen LogP contribution in [0.5, 0.6) is 5.75 Å². The molecule has 0 heterocycles. The zero-order valence-corrected chi connectivity index (χ0v) is 13.9. The van der Waals surface area contributed by atoms with Gasteiger partial charge in [-0.15, -0.1) is 0 Å². The van der Waals surface area contributed by atoms with Gasteiger partial charge in [0.25, 0.3) is 5.91 Å². The Morgan fingerprint density at radius 2 is 2.04 bits per heavy atom. The molecule has 120 valence electrons. The molecule has 0 aliphatic rings. The molecule has 2 aromatic rings. The van der Waals surface area contributed by atoms with Crippen LogP contribution in [0.15, 0.2) is 52.0 Å². The number of halogens is 2. The quantitative estimate of drug-likeness (QED) is 0.598. The van der Waals surface area contributed by atoms with E-state index in [9.17, 15) is 9.18 Å². The lowest BCUT2D eigenvalue weighted by Gasteiger charge is -2.06. The lowest BCUT2D eigenvalue weighted by atomic mass is 10.2. The molecular formula is C16H15BrFN3O2. The topological polar surface area (TPSA) is 62.7 Å². The summed E-state index contributed by atoms with van der Waals surface area (Å²) in [4.78, 5) is 11.7. The van der Waals surface area contributed by atoms with Gasteiger partial charge >= 0.3 is 0 Å². The number of nitrogens with zero attached hydrogens (tertiary/aromatic N) is 1. The average Bonchev–Trinajstić information content (AvgIpc) is 2.56. The van der Waals surface area contributed by atoms with E-state index in [2.05, 4.69) is 31.8 Å². The first kappa shape index (κ1) is 17.0. The van der Waals surface area contributed by atoms with E-state index in [1.807, 2.05) is 0 Å². The molecule has 23 heavy (non-hydrogen) atoms. The first-order valence-electron chi connectivity index (χ1n) is 6.73. The van der Waals surface area contributed by atoms with Gasteiger partial charge in [-0.2, -0.15) is 5.10 Å². The van der Waals surface area contributed by atoms with Crippen LogP contribution < -0.4 is 15.5 Å². The van der Waals surface area contributed by atoms with Gasteiger partial charge in [-0.25, -0.2) is 9.82 Å². The molecule has 7 heteroatoms. The largest absolute Gasteiger partial charge is 0.497 e. The van der Waals surface area contributed by atoms with Gasteiger partial charge < -0.3 is 10.1 Å². The Kier molecular flexibility index (Phi) is 6.10. The number of carbonyl (C=O) groups is 1. The zero-order chi connectivity index (χ0) is 16.7. The Morgan fingerprint density at radius 1 is 1.30 bits per heavy atom. The van der Waals surface area contributed by atoms with Crippen molar-refractivity contribution in [3.8, 4) is 5.75 Å². The van der Waals surface area contributed by atoms with Crippen molar-refractivity contribution in [3.05, 3.63) is 58.3 Å². The predicted molar refractivity (Wildman–Crippen MR) is 91.3 cm³/mol. The van der Waals surface area contributed by atoms with Crippen LogP contribution >= 0.6 is 15.9 Å². The number of rotatable bonds is 6. The number of amides is 1. The van der Waals surface area contributed by atoms with Crippen LogP contribution in [0, 0.1) is 5.82 Å². The SMILES string of the molecule is COc1ccc(NCC(=O)N/N=C\c2cc(Br)ccc2F)cc1. The summed E-state index contributed by atoms with van der Waals surface area (Å²) in [5.74, 6) is -0.0179. The number of hydrazone groups is 1. The number of methoxy groups -OCH3 is 1. The maximum Gasteiger partial charge on any atom is 0.259 e. The molecule has 0 atom stereocenters. The summed E-state index contributed by atoms with van der Waals surface area (Å²) in [5.41, 5.74) is 3.39. The Labute approximate surface area is 141 Å². The lowest BCUT2D eigenvalue weighted by Crippen LogP contribution is -2.25. The highest BCUT2D eigenvalue weighted by Crippen LogP contribution is 2.15. The number of nitrogens with one attached hydrogen (secondary N) is 2. The minimum atomic E-state index is -0.414. The van der Waals surface area contributed by atoms with Crippen molar-refractivity contribution in [2.45, 2.75) is 0 Å². The fourth-order valence-corrected chi connectivity index (χ4v) is 2.10. The molecule has 0 radical (unpaired) electrons. The van der Waals surface area contributed by atoms with Crippen molar-refractivity contribution in [3.63, 3.8) is 0 Å². The number of hydrogen-bond donors (Lipinski definition) is 2. The van der Waals surface area contributed by atoms with Gasteiger partial charge in [-0.05, 0) is 42.5 Å². The molecule has 0 aliphatic carbocycles. The molecule has 0 saturated heterocycles. The minimum Gasteiger partial charge on any atom is -0.497 e. The molecule has 2 N–H and O–H groups in total. The van der Waals surface area contributed by atoms with E-state index < -0.39 is 5.82 Å². The fraction of sp³-hybridized carbons (Fsp3) is 0.125. The lowest BCUT2D eigenvalue weighted by molar-refractivity contribution is -0.119. The highest BCUT2D eigenvalue weighted by atomic mass is 79.9. The van der Waals surface area contributed by atoms with Crippen LogP contribution in [0.1, 0.15) is 5.56 Å². The second-order valence-electron chi connectivity index (χ2n) is 4.54. The van der Waals surface area contributed by atoms with E-state index in [-0.39, 0.29) is 18.0 Å². The maximum absolute atomic E-state index is 13.5. The third-order valence-corrected chi connectivity index (χ3v) is 3.39. The number of ether oxygens (including phenoxy) is 1. The van der Waals surface area contributed by atoms with Gasteiger partial charge in [0, 0.05) is 15.7 Å². The summed E-state index contributed by atoms with van der Waals surface area (Å²) in [6.45, 7) is 0.0463. The third kappa shape index (κ3) is 5.37. The molecule has 0 aromatic heterocycles. The normalized spacial score (nSPS) is 10.6. The van der Waals surface area contributed by atoms with Gasteiger partial charge in [0.1, 0.15) is 11.6 Å². The Balaban J connectivity index is 1.82. The average molecular weight is 380 g/mol. The minimum absolute atomic E-state index is 0.0463. The number of anilines is 1. The summed E-state index contributed by atoms with van der Waals surface area (Å²) in [7, 11) is 1.59. The van der Waals surface area contributed by atoms with Crippen LogP contribution in [0.2, 0.25) is 0 Å². The van der Waals surface area contributed by atoms with Crippen molar-refractivity contribution in [1.82, 2.24) is 5.43 Å². The molecule has 0 aliphatic heterocycles. The molecule has 2 aromatic carbocycles. The summed E-state index contributed by atoms with van der Waals surface area (Å²) in [5, 5.41) is 6.68. The van der Waals surface area contributed by atoms with Crippen LogP contribution in [-0.4, -0.2) is 25.8 Å². The molecule has 0 bridgehead atoms. The van der Waals surface area contributed by atoms with Crippen LogP contribution in [0.3, 0.4) is 0 Å². The predicted octanol–water partition coefficient (Wildman–Crippen LogP) is 3.16. The molecular weight excluding hydrogens is 365 g/mol. The van der Waals surface area contributed by atoms with Crippen LogP contribution in [-0.2, 0) is 4.79 Å². The van der Waals surface area contributed by atoms with Crippen molar-refractivity contribution >= 4 is 33.7 Å². The highest BCUT2D eigenvalue weighted by Gasteiger charge is 2.02. The second kappa shape index (κ2) is 8.28. The molecule has 0 fully saturated rings. The molecule has 0 saturated carbocycles. The maximum atomic E-state index is 13.5. The monoisotopic (exact) mass is 379 g/mol. The van der Waals surface area contributed by atoms with Crippen molar-refractivity contribution in [1.29, 1.82) is 0 Å². The zero-order valence-electron chi connectivity index (χ0n) is 12.3. The van der Waals surface area contributed by atoms with Crippen molar-refractivity contribution in [2.24, 2.45) is 5.10 Å². The fourth-order valence-electron chi connectivity index (χ4n) is 1.72. The van der Waals surface area contributed by atoms with Gasteiger partial charge in [-0.1, -0.05) is 15.9 Å². The number of hydrogen-bond acceptors (Lipinski definition) is 4.